The van der Waals surface area contributed by atoms with Crippen molar-refractivity contribution in [1.29, 1.82) is 0 Å². The predicted molar refractivity (Wildman–Crippen MR) is 70.0 cm³/mol. The molecule has 20 heavy (non-hydrogen) atoms. The van der Waals surface area contributed by atoms with Crippen LogP contribution in [0, 0.1) is 0 Å². The van der Waals surface area contributed by atoms with Crippen LogP contribution in [0.1, 0.15) is 6.92 Å². The maximum Gasteiger partial charge on any atom is 0.331 e. The van der Waals surface area contributed by atoms with Gasteiger partial charge in [-0.1, -0.05) is 6.58 Å². The van der Waals surface area contributed by atoms with Crippen LogP contribution >= 0.6 is 0 Å². The Morgan fingerprint density at radius 2 is 1.15 bits per heavy atom. The lowest BCUT2D eigenvalue weighted by molar-refractivity contribution is -0.133. The number of carboxylic acids is 3. The van der Waals surface area contributed by atoms with Crippen LogP contribution in [0.25, 0.3) is 0 Å². The molecule has 114 valence electrons. The second-order valence-corrected chi connectivity index (χ2v) is 2.84. The van der Waals surface area contributed by atoms with Crippen LogP contribution in [0.2, 0.25) is 0 Å². The number of ether oxygens (including phenoxy) is 2. The molecule has 0 unspecified atom stereocenters. The Balaban J connectivity index is -0.000000218. The summed E-state index contributed by atoms with van der Waals surface area (Å²) in [5, 5.41) is 23.6. The van der Waals surface area contributed by atoms with Crippen LogP contribution in [0.3, 0.4) is 0 Å². The molecule has 0 aliphatic rings. The van der Waals surface area contributed by atoms with Crippen LogP contribution in [0.4, 0.5) is 0 Å². The van der Waals surface area contributed by atoms with E-state index in [1.165, 1.54) is 21.1 Å². The number of hydrogen-bond donors (Lipinski definition) is 3. The number of carboxylic acid groups (broad SMARTS) is 3. The summed E-state index contributed by atoms with van der Waals surface area (Å²) in [6.45, 7) is 4.60. The van der Waals surface area contributed by atoms with Gasteiger partial charge in [0.2, 0.25) is 0 Å². The fourth-order valence-electron chi connectivity index (χ4n) is 0.252. The Kier molecular flexibility index (Phi) is 18.2. The Labute approximate surface area is 116 Å². The van der Waals surface area contributed by atoms with E-state index in [1.54, 1.807) is 0 Å². The minimum Gasteiger partial charge on any atom is -0.504 e. The summed E-state index contributed by atoms with van der Waals surface area (Å²) >= 11 is 0. The number of methoxy groups -OCH3 is 2. The molecule has 0 aliphatic carbocycles. The van der Waals surface area contributed by atoms with Crippen LogP contribution in [0.5, 0.6) is 0 Å². The van der Waals surface area contributed by atoms with Crippen molar-refractivity contribution in [2.75, 3.05) is 14.2 Å². The Bertz CT molecular complexity index is 332. The smallest absolute Gasteiger partial charge is 0.331 e. The zero-order chi connectivity index (χ0) is 16.6. The lowest BCUT2D eigenvalue weighted by Crippen LogP contribution is -1.92. The molecule has 8 nitrogen and oxygen atoms in total. The second-order valence-electron chi connectivity index (χ2n) is 2.84. The number of carbonyl (C=O) groups is 3. The summed E-state index contributed by atoms with van der Waals surface area (Å²) in [5.41, 5.74) is 0.176. The molecule has 0 heterocycles. The lowest BCUT2D eigenvalue weighted by atomic mass is 10.4. The fraction of sp³-hybridized carbons (Fsp3) is 0.250. The van der Waals surface area contributed by atoms with Crippen LogP contribution in [0.15, 0.2) is 36.8 Å². The first kappa shape index (κ1) is 22.4. The Morgan fingerprint density at radius 1 is 0.900 bits per heavy atom. The van der Waals surface area contributed by atoms with Gasteiger partial charge in [0.15, 0.2) is 0 Å². The van der Waals surface area contributed by atoms with Crippen molar-refractivity contribution >= 4 is 17.9 Å². The zero-order valence-electron chi connectivity index (χ0n) is 11.4. The Morgan fingerprint density at radius 3 is 1.20 bits per heavy atom. The molecule has 0 fully saturated rings. The van der Waals surface area contributed by atoms with Crippen molar-refractivity contribution < 1.29 is 39.2 Å². The SMILES string of the molecule is C=C(C)C(=O)O.COC=CC(=O)O.COC=CC(=O)O. The first-order valence-corrected chi connectivity index (χ1v) is 4.92. The molecule has 0 saturated heterocycles. The van der Waals surface area contributed by atoms with E-state index in [2.05, 4.69) is 16.1 Å². The number of rotatable bonds is 5. The van der Waals surface area contributed by atoms with E-state index in [9.17, 15) is 14.4 Å². The van der Waals surface area contributed by atoms with Gasteiger partial charge in [-0.25, -0.2) is 14.4 Å². The van der Waals surface area contributed by atoms with Crippen molar-refractivity contribution in [2.24, 2.45) is 0 Å². The van der Waals surface area contributed by atoms with Crippen LogP contribution < -0.4 is 0 Å². The monoisotopic (exact) mass is 290 g/mol. The largest absolute Gasteiger partial charge is 0.504 e. The summed E-state index contributed by atoms with van der Waals surface area (Å²) in [6.07, 6.45) is 4.03. The maximum absolute atomic E-state index is 9.60. The summed E-state index contributed by atoms with van der Waals surface area (Å²) in [5.74, 6) is -2.93. The highest BCUT2D eigenvalue weighted by molar-refractivity contribution is 5.84. The number of hydrogen-bond acceptors (Lipinski definition) is 5. The normalized spacial score (nSPS) is 8.75. The first-order chi connectivity index (χ1) is 9.18. The molecule has 0 radical (unpaired) electrons. The van der Waals surface area contributed by atoms with E-state index < -0.39 is 17.9 Å². The minimum atomic E-state index is -0.998. The lowest BCUT2D eigenvalue weighted by Gasteiger charge is -1.79. The first-order valence-electron chi connectivity index (χ1n) is 4.92. The molecular weight excluding hydrogens is 272 g/mol. The van der Waals surface area contributed by atoms with Crippen molar-refractivity contribution in [2.45, 2.75) is 6.92 Å². The molecule has 0 aliphatic heterocycles. The average molecular weight is 290 g/mol. The highest BCUT2D eigenvalue weighted by atomic mass is 16.5. The topological polar surface area (TPSA) is 130 Å². The summed E-state index contributed by atoms with van der Waals surface area (Å²) in [7, 11) is 2.78. The van der Waals surface area contributed by atoms with Gasteiger partial charge >= 0.3 is 17.9 Å². The van der Waals surface area contributed by atoms with Gasteiger partial charge in [-0.2, -0.15) is 0 Å². The van der Waals surface area contributed by atoms with Gasteiger partial charge in [0.05, 0.1) is 38.9 Å². The fourth-order valence-corrected chi connectivity index (χ4v) is 0.252. The van der Waals surface area contributed by atoms with E-state index in [-0.39, 0.29) is 5.57 Å². The summed E-state index contributed by atoms with van der Waals surface area (Å²) in [4.78, 5) is 28.8. The van der Waals surface area contributed by atoms with Gasteiger partial charge < -0.3 is 24.8 Å². The molecule has 0 aromatic heterocycles. The minimum absolute atomic E-state index is 0.176. The molecule has 0 aromatic carbocycles. The highest BCUT2D eigenvalue weighted by Crippen LogP contribution is 1.81. The summed E-state index contributed by atoms with van der Waals surface area (Å²) < 4.78 is 8.58. The zero-order valence-corrected chi connectivity index (χ0v) is 11.4. The van der Waals surface area contributed by atoms with E-state index in [4.69, 9.17) is 15.3 Å². The van der Waals surface area contributed by atoms with E-state index in [0.717, 1.165) is 24.7 Å². The van der Waals surface area contributed by atoms with E-state index >= 15 is 0 Å². The third-order valence-corrected chi connectivity index (χ3v) is 1.06. The van der Waals surface area contributed by atoms with Gasteiger partial charge in [0, 0.05) is 5.57 Å². The molecule has 0 amide bonds. The molecule has 0 spiro atoms. The van der Waals surface area contributed by atoms with Crippen molar-refractivity contribution in [1.82, 2.24) is 0 Å². The molecule has 3 N–H and O–H groups in total. The Hall–Kier alpha value is -2.77. The van der Waals surface area contributed by atoms with Gasteiger partial charge in [-0.15, -0.1) is 0 Å². The third-order valence-electron chi connectivity index (χ3n) is 1.06. The van der Waals surface area contributed by atoms with Crippen molar-refractivity contribution in [3.8, 4) is 0 Å². The number of aliphatic carboxylic acids is 3. The molecule has 0 atom stereocenters. The van der Waals surface area contributed by atoms with Crippen molar-refractivity contribution in [3.05, 3.63) is 36.8 Å². The molecule has 8 heteroatoms. The standard InChI is InChI=1S/2C4H6O3.C4H6O2/c2*1-7-3-2-4(5)6;1-3(2)4(5)6/h2*2-3H,1H3,(H,5,6);1H2,2H3,(H,5,6). The van der Waals surface area contributed by atoms with E-state index in [1.807, 2.05) is 0 Å². The van der Waals surface area contributed by atoms with Gasteiger partial charge in [-0.05, 0) is 6.92 Å². The summed E-state index contributed by atoms with van der Waals surface area (Å²) in [6, 6.07) is 0. The van der Waals surface area contributed by atoms with Gasteiger partial charge in [0.25, 0.3) is 0 Å². The predicted octanol–water partition coefficient (Wildman–Crippen LogP) is 1.11. The third kappa shape index (κ3) is 36.2. The van der Waals surface area contributed by atoms with Crippen LogP contribution in [-0.2, 0) is 23.9 Å². The quantitative estimate of drug-likeness (QED) is 0.507. The van der Waals surface area contributed by atoms with E-state index in [0.29, 0.717) is 0 Å². The maximum atomic E-state index is 9.60. The van der Waals surface area contributed by atoms with Crippen LogP contribution in [-0.4, -0.2) is 47.4 Å². The van der Waals surface area contributed by atoms with Gasteiger partial charge in [-0.3, -0.25) is 0 Å². The second kappa shape index (κ2) is 16.2. The van der Waals surface area contributed by atoms with Crippen molar-refractivity contribution in [3.63, 3.8) is 0 Å². The molecule has 0 rings (SSSR count). The molecular formula is C12H18O8. The molecule has 0 bridgehead atoms. The highest BCUT2D eigenvalue weighted by Gasteiger charge is 1.90. The van der Waals surface area contributed by atoms with Gasteiger partial charge in [0.1, 0.15) is 0 Å². The average Bonchev–Trinajstić information content (AvgIpc) is 2.35. The molecule has 0 saturated carbocycles. The molecule has 0 aromatic rings.